The number of amides is 1. The first-order chi connectivity index (χ1) is 13.9. The lowest BCUT2D eigenvalue weighted by Gasteiger charge is -2.23. The van der Waals surface area contributed by atoms with E-state index in [4.69, 9.17) is 0 Å². The fourth-order valence-electron chi connectivity index (χ4n) is 3.47. The molecule has 1 atom stereocenters. The summed E-state index contributed by atoms with van der Waals surface area (Å²) >= 11 is 3.00. The van der Waals surface area contributed by atoms with Crippen LogP contribution in [0.15, 0.2) is 52.3 Å². The van der Waals surface area contributed by atoms with Crippen LogP contribution in [0.25, 0.3) is 10.2 Å². The van der Waals surface area contributed by atoms with E-state index in [0.717, 1.165) is 20.7 Å². The van der Waals surface area contributed by atoms with Crippen molar-refractivity contribution < 1.29 is 13.2 Å². The molecule has 2 heterocycles. The number of fused-ring (bicyclic) bond motifs is 1. The normalized spacial score (nSPS) is 17.7. The van der Waals surface area contributed by atoms with Gasteiger partial charge in [-0.25, -0.2) is 13.4 Å². The first kappa shape index (κ1) is 20.3. The molecular formula is C20H21N3O3S3. The Labute approximate surface area is 178 Å². The fourth-order valence-corrected chi connectivity index (χ4v) is 6.65. The molecule has 1 aliphatic rings. The van der Waals surface area contributed by atoms with Gasteiger partial charge in [0.2, 0.25) is 15.9 Å². The number of aromatic nitrogens is 1. The summed E-state index contributed by atoms with van der Waals surface area (Å²) in [7, 11) is -3.73. The number of para-hydroxylation sites is 1. The summed E-state index contributed by atoms with van der Waals surface area (Å²) in [6.45, 7) is 2.24. The van der Waals surface area contributed by atoms with Crippen LogP contribution in [0.1, 0.15) is 18.4 Å². The number of aryl methyl sites for hydroxylation is 1. The third kappa shape index (κ3) is 3.92. The summed E-state index contributed by atoms with van der Waals surface area (Å²) in [5.41, 5.74) is 1.84. The van der Waals surface area contributed by atoms with Gasteiger partial charge >= 0.3 is 0 Å². The molecule has 0 saturated carbocycles. The maximum atomic E-state index is 13.1. The summed E-state index contributed by atoms with van der Waals surface area (Å²) in [6.07, 6.45) is 3.14. The van der Waals surface area contributed by atoms with E-state index in [1.165, 1.54) is 15.6 Å². The van der Waals surface area contributed by atoms with E-state index in [9.17, 15) is 13.2 Å². The molecule has 3 aromatic rings. The van der Waals surface area contributed by atoms with Crippen LogP contribution in [0.4, 0.5) is 5.13 Å². The predicted octanol–water partition coefficient (Wildman–Crippen LogP) is 4.12. The molecule has 0 bridgehead atoms. The maximum absolute atomic E-state index is 13.1. The number of carbonyl (C=O) groups excluding carboxylic acids is 1. The lowest BCUT2D eigenvalue weighted by molar-refractivity contribution is -0.119. The number of benzene rings is 2. The van der Waals surface area contributed by atoms with Crippen molar-refractivity contribution in [3.8, 4) is 0 Å². The zero-order valence-electron chi connectivity index (χ0n) is 16.1. The number of sulfonamides is 1. The summed E-state index contributed by atoms with van der Waals surface area (Å²) < 4.78 is 28.4. The Bertz CT molecular complexity index is 1160. The van der Waals surface area contributed by atoms with Crippen LogP contribution >= 0.6 is 23.1 Å². The van der Waals surface area contributed by atoms with Crippen molar-refractivity contribution in [3.63, 3.8) is 0 Å². The molecule has 0 aliphatic carbocycles. The van der Waals surface area contributed by atoms with Crippen LogP contribution in [0.5, 0.6) is 0 Å². The number of hydrogen-bond donors (Lipinski definition) is 1. The van der Waals surface area contributed by atoms with Crippen molar-refractivity contribution in [2.24, 2.45) is 0 Å². The number of thioether (sulfide) groups is 1. The minimum absolute atomic E-state index is 0.215. The van der Waals surface area contributed by atoms with E-state index in [2.05, 4.69) is 10.3 Å². The van der Waals surface area contributed by atoms with Gasteiger partial charge in [-0.05, 0) is 50.3 Å². The molecule has 1 saturated heterocycles. The average Bonchev–Trinajstić information content (AvgIpc) is 3.35. The zero-order chi connectivity index (χ0) is 20.6. The number of anilines is 1. The average molecular weight is 448 g/mol. The van der Waals surface area contributed by atoms with E-state index in [1.807, 2.05) is 31.4 Å². The van der Waals surface area contributed by atoms with Crippen LogP contribution in [0.2, 0.25) is 0 Å². The topological polar surface area (TPSA) is 79.4 Å². The number of hydrogen-bond acceptors (Lipinski definition) is 6. The molecule has 2 aromatic carbocycles. The van der Waals surface area contributed by atoms with E-state index in [1.54, 1.807) is 36.0 Å². The molecule has 1 aliphatic heterocycles. The van der Waals surface area contributed by atoms with Crippen molar-refractivity contribution in [2.75, 3.05) is 18.1 Å². The van der Waals surface area contributed by atoms with Gasteiger partial charge in [0.15, 0.2) is 5.13 Å². The van der Waals surface area contributed by atoms with Gasteiger partial charge < -0.3 is 5.32 Å². The SMILES string of the molecule is CSc1cccc2sc(NC(=O)C3CCCN3S(=O)(=O)c3ccc(C)cc3)nc12. The van der Waals surface area contributed by atoms with Gasteiger partial charge in [-0.2, -0.15) is 4.31 Å². The van der Waals surface area contributed by atoms with Gasteiger partial charge in [-0.15, -0.1) is 11.8 Å². The Morgan fingerprint density at radius 3 is 2.72 bits per heavy atom. The van der Waals surface area contributed by atoms with Crippen molar-refractivity contribution in [3.05, 3.63) is 48.0 Å². The van der Waals surface area contributed by atoms with E-state index < -0.39 is 16.1 Å². The van der Waals surface area contributed by atoms with Crippen molar-refractivity contribution in [1.29, 1.82) is 0 Å². The fraction of sp³-hybridized carbons (Fsp3) is 0.300. The highest BCUT2D eigenvalue weighted by Crippen LogP contribution is 2.33. The molecule has 1 unspecified atom stereocenters. The predicted molar refractivity (Wildman–Crippen MR) is 118 cm³/mol. The minimum Gasteiger partial charge on any atom is -0.301 e. The molecular weight excluding hydrogens is 426 g/mol. The molecule has 4 rings (SSSR count). The molecule has 1 aromatic heterocycles. The van der Waals surface area contributed by atoms with E-state index in [-0.39, 0.29) is 10.8 Å². The highest BCUT2D eigenvalue weighted by atomic mass is 32.2. The highest BCUT2D eigenvalue weighted by Gasteiger charge is 2.39. The zero-order valence-corrected chi connectivity index (χ0v) is 18.5. The molecule has 152 valence electrons. The Hall–Kier alpha value is -1.94. The van der Waals surface area contributed by atoms with E-state index >= 15 is 0 Å². The lowest BCUT2D eigenvalue weighted by atomic mass is 10.2. The standard InChI is InChI=1S/C20H21N3O3S3/c1-13-8-10-14(11-9-13)29(25,26)23-12-4-5-15(23)19(24)22-20-21-18-16(27-2)6-3-7-17(18)28-20/h3,6-11,15H,4-5,12H2,1-2H3,(H,21,22,24). The van der Waals surface area contributed by atoms with Crippen LogP contribution in [-0.4, -0.2) is 42.5 Å². The summed E-state index contributed by atoms with van der Waals surface area (Å²) in [4.78, 5) is 18.7. The van der Waals surface area contributed by atoms with Crippen molar-refractivity contribution >= 4 is 54.4 Å². The number of carbonyl (C=O) groups is 1. The monoisotopic (exact) mass is 447 g/mol. The van der Waals surface area contributed by atoms with Gasteiger partial charge in [0, 0.05) is 11.4 Å². The van der Waals surface area contributed by atoms with Crippen molar-refractivity contribution in [1.82, 2.24) is 9.29 Å². The smallest absolute Gasteiger partial charge is 0.244 e. The molecule has 0 radical (unpaired) electrons. The van der Waals surface area contributed by atoms with E-state index in [0.29, 0.717) is 24.5 Å². The summed E-state index contributed by atoms with van der Waals surface area (Å²) in [5, 5.41) is 3.33. The molecule has 29 heavy (non-hydrogen) atoms. The molecule has 0 spiro atoms. The summed E-state index contributed by atoms with van der Waals surface area (Å²) in [6, 6.07) is 11.9. The van der Waals surface area contributed by atoms with Gasteiger partial charge in [0.1, 0.15) is 6.04 Å². The third-order valence-corrected chi connectivity index (χ3v) is 8.59. The Morgan fingerprint density at radius 2 is 2.00 bits per heavy atom. The van der Waals surface area contributed by atoms with Crippen LogP contribution in [-0.2, 0) is 14.8 Å². The number of thiazole rings is 1. The van der Waals surface area contributed by atoms with Crippen LogP contribution in [0, 0.1) is 6.92 Å². The Kier molecular flexibility index (Phi) is 5.65. The highest BCUT2D eigenvalue weighted by molar-refractivity contribution is 7.98. The Balaban J connectivity index is 1.57. The first-order valence-electron chi connectivity index (χ1n) is 9.23. The molecule has 1 fully saturated rings. The van der Waals surface area contributed by atoms with Gasteiger partial charge in [0.25, 0.3) is 0 Å². The molecule has 1 amide bonds. The maximum Gasteiger partial charge on any atom is 0.244 e. The van der Waals surface area contributed by atoms with Gasteiger partial charge in [-0.1, -0.05) is 35.1 Å². The largest absolute Gasteiger partial charge is 0.301 e. The van der Waals surface area contributed by atoms with Gasteiger partial charge in [0.05, 0.1) is 15.1 Å². The second-order valence-electron chi connectivity index (χ2n) is 6.90. The number of nitrogens with zero attached hydrogens (tertiary/aromatic N) is 2. The quantitative estimate of drug-likeness (QED) is 0.595. The third-order valence-electron chi connectivity index (χ3n) is 4.97. The van der Waals surface area contributed by atoms with Crippen LogP contribution < -0.4 is 5.32 Å². The lowest BCUT2D eigenvalue weighted by Crippen LogP contribution is -2.43. The summed E-state index contributed by atoms with van der Waals surface area (Å²) in [5.74, 6) is -0.331. The minimum atomic E-state index is -3.73. The van der Waals surface area contributed by atoms with Crippen LogP contribution in [0.3, 0.4) is 0 Å². The first-order valence-corrected chi connectivity index (χ1v) is 12.7. The number of rotatable bonds is 5. The second kappa shape index (κ2) is 8.06. The second-order valence-corrected chi connectivity index (χ2v) is 10.7. The van der Waals surface area contributed by atoms with Crippen molar-refractivity contribution in [2.45, 2.75) is 35.6 Å². The molecule has 9 heteroatoms. The Morgan fingerprint density at radius 1 is 1.24 bits per heavy atom. The molecule has 6 nitrogen and oxygen atoms in total. The molecule has 1 N–H and O–H groups in total. The number of nitrogens with one attached hydrogen (secondary N) is 1. The van der Waals surface area contributed by atoms with Gasteiger partial charge in [-0.3, -0.25) is 4.79 Å².